The van der Waals surface area contributed by atoms with E-state index in [1.165, 1.54) is 54.7 Å². The quantitative estimate of drug-likeness (QED) is 0.199. The maximum Gasteiger partial charge on any atom is 0.407 e. The Morgan fingerprint density at radius 1 is 1.07 bits per heavy atom. The van der Waals surface area contributed by atoms with Crippen molar-refractivity contribution >= 4 is 17.7 Å². The molecule has 5 N–H and O–H groups in total. The van der Waals surface area contributed by atoms with Gasteiger partial charge in [0.2, 0.25) is 5.91 Å². The number of ether oxygens (including phenoxy) is 3. The van der Waals surface area contributed by atoms with Gasteiger partial charge in [0.1, 0.15) is 24.1 Å². The first kappa shape index (κ1) is 33.8. The van der Waals surface area contributed by atoms with Gasteiger partial charge < -0.3 is 35.9 Å². The number of pyridine rings is 1. The molecule has 45 heavy (non-hydrogen) atoms. The molecule has 10 nitrogen and oxygen atoms in total. The van der Waals surface area contributed by atoms with Gasteiger partial charge in [0, 0.05) is 31.2 Å². The van der Waals surface area contributed by atoms with Crippen LogP contribution < -0.4 is 21.7 Å². The van der Waals surface area contributed by atoms with E-state index in [4.69, 9.17) is 19.9 Å². The van der Waals surface area contributed by atoms with Crippen LogP contribution in [-0.4, -0.2) is 74.7 Å². The van der Waals surface area contributed by atoms with Crippen molar-refractivity contribution in [2.24, 2.45) is 5.73 Å². The van der Waals surface area contributed by atoms with E-state index in [9.17, 15) is 22.8 Å². The number of amides is 2. The summed E-state index contributed by atoms with van der Waals surface area (Å²) in [4.78, 5) is 29.1. The summed E-state index contributed by atoms with van der Waals surface area (Å²) >= 11 is 0. The normalized spacial score (nSPS) is 17.1. The average molecular weight is 630 g/mol. The van der Waals surface area contributed by atoms with Gasteiger partial charge in [0.25, 0.3) is 0 Å². The molecule has 0 radical (unpaired) electrons. The molecule has 0 aliphatic carbocycles. The first-order valence-electron chi connectivity index (χ1n) is 14.8. The van der Waals surface area contributed by atoms with E-state index in [-0.39, 0.29) is 36.4 Å². The van der Waals surface area contributed by atoms with Gasteiger partial charge in [-0.1, -0.05) is 24.3 Å². The second-order valence-corrected chi connectivity index (χ2v) is 10.6. The third-order valence-electron chi connectivity index (χ3n) is 7.40. The Bertz CT molecular complexity index is 1340. The lowest BCUT2D eigenvalue weighted by molar-refractivity contribution is -0.117. The topological polar surface area (TPSA) is 137 Å². The number of alkyl carbamates (subject to hydrolysis) is 1. The van der Waals surface area contributed by atoms with Crippen LogP contribution in [0, 0.1) is 17.5 Å². The third-order valence-corrected chi connectivity index (χ3v) is 7.40. The van der Waals surface area contributed by atoms with Crippen LogP contribution in [0.5, 0.6) is 0 Å². The van der Waals surface area contributed by atoms with E-state index >= 15 is 0 Å². The lowest BCUT2D eigenvalue weighted by Gasteiger charge is -2.30. The molecule has 0 spiro atoms. The second-order valence-electron chi connectivity index (χ2n) is 10.6. The van der Waals surface area contributed by atoms with Crippen molar-refractivity contribution in [3.63, 3.8) is 0 Å². The first-order valence-corrected chi connectivity index (χ1v) is 14.8. The number of morpholine rings is 1. The molecule has 0 bridgehead atoms. The minimum atomic E-state index is -1.19. The minimum absolute atomic E-state index is 0.124. The Morgan fingerprint density at radius 2 is 1.73 bits per heavy atom. The number of hydrogen-bond donors (Lipinski definition) is 4. The van der Waals surface area contributed by atoms with Crippen molar-refractivity contribution in [2.45, 2.75) is 43.9 Å². The van der Waals surface area contributed by atoms with Crippen LogP contribution in [0.3, 0.4) is 0 Å². The van der Waals surface area contributed by atoms with E-state index in [2.05, 4.69) is 20.9 Å². The van der Waals surface area contributed by atoms with Gasteiger partial charge in [0.15, 0.2) is 0 Å². The van der Waals surface area contributed by atoms with Crippen molar-refractivity contribution in [1.29, 1.82) is 0 Å². The number of hydrogen-bond acceptors (Lipinski definition) is 8. The van der Waals surface area contributed by atoms with E-state index < -0.39 is 41.4 Å². The van der Waals surface area contributed by atoms with E-state index in [0.29, 0.717) is 50.5 Å². The molecule has 1 fully saturated rings. The lowest BCUT2D eigenvalue weighted by Crippen LogP contribution is -2.49. The standard InChI is InChI=1S/C32H38F3N5O5/c1-2-43-14-13-38-32(42)45-19-24-18-44-25(15-39-24)11-12-26-27(35)16-37-17-28(26)40-31(41)30(36)29(20-3-7-22(33)8-4-20)21-5-9-23(34)10-6-21/h3-10,16-17,24-25,29-30,39H,2,11-15,18-19,36H2,1H3,(H,38,42)(H,40,41)/t24-,25+,30-/m0/s1. The molecule has 2 amide bonds. The van der Waals surface area contributed by atoms with Crippen molar-refractivity contribution < 1.29 is 37.0 Å². The highest BCUT2D eigenvalue weighted by Crippen LogP contribution is 2.29. The summed E-state index contributed by atoms with van der Waals surface area (Å²) in [6, 6.07) is 9.69. The van der Waals surface area contributed by atoms with E-state index in [0.717, 1.165) is 6.20 Å². The molecule has 0 saturated carbocycles. The van der Waals surface area contributed by atoms with Crippen LogP contribution >= 0.6 is 0 Å². The first-order chi connectivity index (χ1) is 21.7. The fourth-order valence-corrected chi connectivity index (χ4v) is 5.00. The maximum atomic E-state index is 15.0. The molecule has 13 heteroatoms. The molecule has 1 aliphatic rings. The largest absolute Gasteiger partial charge is 0.448 e. The van der Waals surface area contributed by atoms with Crippen LogP contribution in [0.4, 0.5) is 23.7 Å². The highest BCUT2D eigenvalue weighted by molar-refractivity contribution is 5.96. The zero-order valence-corrected chi connectivity index (χ0v) is 24.9. The van der Waals surface area contributed by atoms with Crippen molar-refractivity contribution in [2.75, 3.05) is 44.8 Å². The number of aromatic nitrogens is 1. The van der Waals surface area contributed by atoms with Crippen LogP contribution in [0.25, 0.3) is 0 Å². The lowest BCUT2D eigenvalue weighted by atomic mass is 9.85. The molecule has 1 saturated heterocycles. The van der Waals surface area contributed by atoms with Gasteiger partial charge in [-0.05, 0) is 55.2 Å². The van der Waals surface area contributed by atoms with Gasteiger partial charge in [0.05, 0.1) is 49.5 Å². The number of rotatable bonds is 14. The van der Waals surface area contributed by atoms with E-state index in [1.807, 2.05) is 6.92 Å². The number of benzene rings is 2. The molecule has 3 atom stereocenters. The number of nitrogens with zero attached hydrogens (tertiary/aromatic N) is 1. The zero-order chi connectivity index (χ0) is 32.2. The average Bonchev–Trinajstić information content (AvgIpc) is 3.04. The maximum absolute atomic E-state index is 15.0. The smallest absolute Gasteiger partial charge is 0.407 e. The number of halogens is 3. The Hall–Kier alpha value is -4.04. The minimum Gasteiger partial charge on any atom is -0.448 e. The molecular formula is C32H38F3N5O5. The van der Waals surface area contributed by atoms with Gasteiger partial charge in [-0.3, -0.25) is 9.78 Å². The summed E-state index contributed by atoms with van der Waals surface area (Å²) in [5.41, 5.74) is 7.95. The molecule has 242 valence electrons. The van der Waals surface area contributed by atoms with Crippen LogP contribution in [0.15, 0.2) is 60.9 Å². The van der Waals surface area contributed by atoms with Gasteiger partial charge >= 0.3 is 6.09 Å². The number of carbonyl (C=O) groups is 2. The highest BCUT2D eigenvalue weighted by Gasteiger charge is 2.29. The van der Waals surface area contributed by atoms with Crippen molar-refractivity contribution in [3.8, 4) is 0 Å². The Morgan fingerprint density at radius 3 is 2.33 bits per heavy atom. The highest BCUT2D eigenvalue weighted by atomic mass is 19.1. The second kappa shape index (κ2) is 16.9. The van der Waals surface area contributed by atoms with Crippen molar-refractivity contribution in [3.05, 3.63) is 95.1 Å². The molecule has 2 heterocycles. The number of nitrogens with one attached hydrogen (secondary N) is 3. The summed E-state index contributed by atoms with van der Waals surface area (Å²) in [7, 11) is 0. The Balaban J connectivity index is 1.34. The van der Waals surface area contributed by atoms with Crippen LogP contribution in [-0.2, 0) is 25.4 Å². The summed E-state index contributed by atoms with van der Waals surface area (Å²) in [5, 5.41) is 8.58. The number of anilines is 1. The molecule has 0 unspecified atom stereocenters. The summed E-state index contributed by atoms with van der Waals surface area (Å²) < 4.78 is 58.5. The van der Waals surface area contributed by atoms with Crippen molar-refractivity contribution in [1.82, 2.24) is 15.6 Å². The summed E-state index contributed by atoms with van der Waals surface area (Å²) in [6.45, 7) is 4.07. The third kappa shape index (κ3) is 9.98. The predicted octanol–water partition coefficient (Wildman–Crippen LogP) is 3.65. The summed E-state index contributed by atoms with van der Waals surface area (Å²) in [6.07, 6.45) is 2.29. The molecule has 3 aromatic rings. The summed E-state index contributed by atoms with van der Waals surface area (Å²) in [5.74, 6) is -2.87. The molecule has 4 rings (SSSR count). The Kier molecular flexibility index (Phi) is 12.7. The molecule has 1 aliphatic heterocycles. The van der Waals surface area contributed by atoms with Crippen LogP contribution in [0.1, 0.15) is 36.0 Å². The fraction of sp³-hybridized carbons (Fsp3) is 0.406. The van der Waals surface area contributed by atoms with Crippen LogP contribution in [0.2, 0.25) is 0 Å². The van der Waals surface area contributed by atoms with Gasteiger partial charge in [-0.25, -0.2) is 18.0 Å². The monoisotopic (exact) mass is 629 g/mol. The predicted molar refractivity (Wildman–Crippen MR) is 161 cm³/mol. The van der Waals surface area contributed by atoms with E-state index in [1.54, 1.807) is 0 Å². The molecular weight excluding hydrogens is 591 g/mol. The number of nitrogens with two attached hydrogens (primary N) is 1. The Labute approximate surface area is 259 Å². The zero-order valence-electron chi connectivity index (χ0n) is 24.9. The SMILES string of the molecule is CCOCCNC(=O)OC[C@@H]1CO[C@H](CCc2c(F)cncc2NC(=O)[C@@H](N)C(c2ccc(F)cc2)c2ccc(F)cc2)CN1. The van der Waals surface area contributed by atoms with Gasteiger partial charge in [-0.2, -0.15) is 0 Å². The fourth-order valence-electron chi connectivity index (χ4n) is 5.00. The molecule has 1 aromatic heterocycles. The molecule has 2 aromatic carbocycles. The van der Waals surface area contributed by atoms with Gasteiger partial charge in [-0.15, -0.1) is 0 Å². The number of carbonyl (C=O) groups excluding carboxylic acids is 2.